The van der Waals surface area contributed by atoms with Gasteiger partial charge in [-0.15, -0.1) is 0 Å². The number of benzene rings is 2. The maximum atomic E-state index is 12.6. The second-order valence-electron chi connectivity index (χ2n) is 5.80. The van der Waals surface area contributed by atoms with Crippen LogP contribution in [-0.2, 0) is 25.5 Å². The minimum atomic E-state index is -0.786. The van der Waals surface area contributed by atoms with Gasteiger partial charge in [-0.1, -0.05) is 60.2 Å². The van der Waals surface area contributed by atoms with Gasteiger partial charge in [0.15, 0.2) is 6.10 Å². The lowest BCUT2D eigenvalue weighted by Crippen LogP contribution is -2.45. The first-order valence-corrected chi connectivity index (χ1v) is 8.06. The zero-order valence-electron chi connectivity index (χ0n) is 14.7. The molecule has 0 aliphatic rings. The number of hydrogen-bond donors (Lipinski definition) is 1. The molecule has 0 unspecified atom stereocenters. The molecule has 1 N–H and O–H groups in total. The fourth-order valence-corrected chi connectivity index (χ4v) is 2.57. The number of carbonyl (C=O) groups excluding carboxylic acids is 2. The molecule has 132 valence electrons. The molecule has 0 aliphatic heterocycles. The Morgan fingerprint density at radius 2 is 1.64 bits per heavy atom. The molecular formula is C20H23NO4. The minimum Gasteiger partial charge on any atom is -0.467 e. The highest BCUT2D eigenvalue weighted by atomic mass is 16.5. The summed E-state index contributed by atoms with van der Waals surface area (Å²) in [6.45, 7) is 1.99. The largest absolute Gasteiger partial charge is 0.467 e. The van der Waals surface area contributed by atoms with Crippen molar-refractivity contribution in [2.75, 3.05) is 14.2 Å². The molecule has 0 radical (unpaired) electrons. The van der Waals surface area contributed by atoms with Gasteiger partial charge >= 0.3 is 5.97 Å². The third kappa shape index (κ3) is 5.16. The summed E-state index contributed by atoms with van der Waals surface area (Å²) < 4.78 is 10.1. The molecule has 2 aromatic rings. The SMILES string of the molecule is COC(=O)[C@H](Cc1ccc(C)cc1)NC(=O)[C@H](OC)c1ccccc1. The Morgan fingerprint density at radius 1 is 1.00 bits per heavy atom. The van der Waals surface area contributed by atoms with Gasteiger partial charge < -0.3 is 14.8 Å². The summed E-state index contributed by atoms with van der Waals surface area (Å²) in [4.78, 5) is 24.7. The van der Waals surface area contributed by atoms with Gasteiger partial charge in [-0.05, 0) is 18.1 Å². The van der Waals surface area contributed by atoms with Gasteiger partial charge in [-0.3, -0.25) is 4.79 Å². The van der Waals surface area contributed by atoms with Gasteiger partial charge in [0.2, 0.25) is 0 Å². The number of nitrogens with one attached hydrogen (secondary N) is 1. The van der Waals surface area contributed by atoms with E-state index in [0.29, 0.717) is 6.42 Å². The third-order valence-corrected chi connectivity index (χ3v) is 3.94. The van der Waals surface area contributed by atoms with E-state index >= 15 is 0 Å². The van der Waals surface area contributed by atoms with Crippen LogP contribution in [0.15, 0.2) is 54.6 Å². The molecule has 1 amide bonds. The first kappa shape index (κ1) is 18.7. The van der Waals surface area contributed by atoms with Gasteiger partial charge in [0.25, 0.3) is 5.91 Å². The molecule has 5 nitrogen and oxygen atoms in total. The number of aryl methyl sites for hydroxylation is 1. The summed E-state index contributed by atoms with van der Waals surface area (Å²) in [6.07, 6.45) is -0.435. The van der Waals surface area contributed by atoms with Crippen molar-refractivity contribution in [1.82, 2.24) is 5.32 Å². The Hall–Kier alpha value is -2.66. The zero-order valence-corrected chi connectivity index (χ0v) is 14.7. The van der Waals surface area contributed by atoms with Crippen molar-refractivity contribution < 1.29 is 19.1 Å². The first-order valence-electron chi connectivity index (χ1n) is 8.06. The van der Waals surface area contributed by atoms with Crippen LogP contribution in [0.2, 0.25) is 0 Å². The molecule has 0 saturated carbocycles. The first-order chi connectivity index (χ1) is 12.0. The van der Waals surface area contributed by atoms with Gasteiger partial charge in [-0.25, -0.2) is 4.79 Å². The van der Waals surface area contributed by atoms with E-state index in [1.54, 1.807) is 12.1 Å². The van der Waals surface area contributed by atoms with Crippen molar-refractivity contribution in [1.29, 1.82) is 0 Å². The number of ether oxygens (including phenoxy) is 2. The van der Waals surface area contributed by atoms with Crippen LogP contribution in [-0.4, -0.2) is 32.1 Å². The standard InChI is InChI=1S/C20H23NO4/c1-14-9-11-15(12-10-14)13-17(20(23)25-3)21-19(22)18(24-2)16-7-5-4-6-8-16/h4-12,17-18H,13H2,1-3H3,(H,21,22)/t17-,18+/m0/s1. The fourth-order valence-electron chi connectivity index (χ4n) is 2.57. The van der Waals surface area contributed by atoms with Crippen molar-refractivity contribution in [3.05, 3.63) is 71.3 Å². The molecule has 2 aromatic carbocycles. The van der Waals surface area contributed by atoms with E-state index in [-0.39, 0.29) is 5.91 Å². The van der Waals surface area contributed by atoms with E-state index in [4.69, 9.17) is 9.47 Å². The average molecular weight is 341 g/mol. The van der Waals surface area contributed by atoms with Gasteiger partial charge in [0, 0.05) is 13.5 Å². The molecule has 0 aliphatic carbocycles. The van der Waals surface area contributed by atoms with Gasteiger partial charge in [-0.2, -0.15) is 0 Å². The lowest BCUT2D eigenvalue weighted by atomic mass is 10.0. The molecule has 2 atom stereocenters. The molecule has 0 aromatic heterocycles. The summed E-state index contributed by atoms with van der Waals surface area (Å²) >= 11 is 0. The highest BCUT2D eigenvalue weighted by molar-refractivity contribution is 5.87. The van der Waals surface area contributed by atoms with E-state index in [1.165, 1.54) is 14.2 Å². The molecule has 0 bridgehead atoms. The van der Waals surface area contributed by atoms with Crippen LogP contribution in [0, 0.1) is 6.92 Å². The third-order valence-electron chi connectivity index (χ3n) is 3.94. The fraction of sp³-hybridized carbons (Fsp3) is 0.300. The van der Waals surface area contributed by atoms with Crippen LogP contribution in [0.4, 0.5) is 0 Å². The quantitative estimate of drug-likeness (QED) is 0.786. The second kappa shape index (κ2) is 8.99. The molecule has 0 heterocycles. The van der Waals surface area contributed by atoms with Crippen LogP contribution in [0.5, 0.6) is 0 Å². The van der Waals surface area contributed by atoms with Crippen LogP contribution in [0.1, 0.15) is 22.8 Å². The monoisotopic (exact) mass is 341 g/mol. The Kier molecular flexibility index (Phi) is 6.71. The van der Waals surface area contributed by atoms with Crippen molar-refractivity contribution in [2.45, 2.75) is 25.5 Å². The van der Waals surface area contributed by atoms with E-state index < -0.39 is 18.1 Å². The summed E-state index contributed by atoms with van der Waals surface area (Å²) in [5, 5.41) is 2.74. The molecule has 5 heteroatoms. The van der Waals surface area contributed by atoms with Crippen molar-refractivity contribution in [3.8, 4) is 0 Å². The second-order valence-corrected chi connectivity index (χ2v) is 5.80. The maximum Gasteiger partial charge on any atom is 0.328 e. The topological polar surface area (TPSA) is 64.6 Å². The van der Waals surface area contributed by atoms with Crippen molar-refractivity contribution >= 4 is 11.9 Å². The summed E-state index contributed by atoms with van der Waals surface area (Å²) in [5.41, 5.74) is 2.79. The highest BCUT2D eigenvalue weighted by Gasteiger charge is 2.27. The lowest BCUT2D eigenvalue weighted by Gasteiger charge is -2.21. The number of esters is 1. The normalized spacial score (nSPS) is 12.9. The van der Waals surface area contributed by atoms with Crippen LogP contribution >= 0.6 is 0 Å². The Bertz CT molecular complexity index is 697. The molecule has 0 spiro atoms. The van der Waals surface area contributed by atoms with Crippen molar-refractivity contribution in [3.63, 3.8) is 0 Å². The number of carbonyl (C=O) groups is 2. The number of methoxy groups -OCH3 is 2. The predicted octanol–water partition coefficient (Wildman–Crippen LogP) is 2.58. The van der Waals surface area contributed by atoms with Crippen molar-refractivity contribution in [2.24, 2.45) is 0 Å². The van der Waals surface area contributed by atoms with Crippen LogP contribution in [0.25, 0.3) is 0 Å². The minimum absolute atomic E-state index is 0.351. The van der Waals surface area contributed by atoms with Gasteiger partial charge in [0.05, 0.1) is 7.11 Å². The molecule has 0 saturated heterocycles. The van der Waals surface area contributed by atoms with Crippen LogP contribution in [0.3, 0.4) is 0 Å². The summed E-state index contributed by atoms with van der Waals surface area (Å²) in [5.74, 6) is -0.868. The van der Waals surface area contributed by atoms with Crippen LogP contribution < -0.4 is 5.32 Å². The number of rotatable bonds is 7. The average Bonchev–Trinajstić information content (AvgIpc) is 2.64. The highest BCUT2D eigenvalue weighted by Crippen LogP contribution is 2.17. The number of hydrogen-bond acceptors (Lipinski definition) is 4. The molecule has 0 fully saturated rings. The lowest BCUT2D eigenvalue weighted by molar-refractivity contribution is -0.146. The molecule has 25 heavy (non-hydrogen) atoms. The number of amides is 1. The zero-order chi connectivity index (χ0) is 18.2. The maximum absolute atomic E-state index is 12.6. The van der Waals surface area contributed by atoms with E-state index in [9.17, 15) is 9.59 Å². The van der Waals surface area contributed by atoms with E-state index in [0.717, 1.165) is 16.7 Å². The van der Waals surface area contributed by atoms with E-state index in [2.05, 4.69) is 5.32 Å². The summed E-state index contributed by atoms with van der Waals surface area (Å²) in [6, 6.07) is 16.2. The Labute approximate surface area is 148 Å². The Morgan fingerprint density at radius 3 is 2.20 bits per heavy atom. The van der Waals surface area contributed by atoms with Gasteiger partial charge in [0.1, 0.15) is 6.04 Å². The smallest absolute Gasteiger partial charge is 0.328 e. The molecule has 2 rings (SSSR count). The summed E-state index contributed by atoms with van der Waals surface area (Å²) in [7, 11) is 2.77. The Balaban J connectivity index is 2.13. The van der Waals surface area contributed by atoms with E-state index in [1.807, 2.05) is 49.4 Å². The molecular weight excluding hydrogens is 318 g/mol. The predicted molar refractivity (Wildman–Crippen MR) is 95.0 cm³/mol.